The van der Waals surface area contributed by atoms with Gasteiger partial charge in [0.2, 0.25) is 0 Å². The molecule has 176 valence electrons. The van der Waals surface area contributed by atoms with Crippen LogP contribution in [0.25, 0.3) is 0 Å². The van der Waals surface area contributed by atoms with Crippen molar-refractivity contribution in [3.05, 3.63) is 88.5 Å². The maximum Gasteiger partial charge on any atom is 0.254 e. The summed E-state index contributed by atoms with van der Waals surface area (Å²) in [5.74, 6) is 1.22. The molecule has 0 atom stereocenters. The zero-order chi connectivity index (χ0) is 23.7. The molecule has 2 aliphatic rings. The van der Waals surface area contributed by atoms with Crippen molar-refractivity contribution in [2.75, 3.05) is 48.3 Å². The zero-order valence-electron chi connectivity index (χ0n) is 20.4. The molecule has 0 spiro atoms. The Morgan fingerprint density at radius 2 is 1.53 bits per heavy atom. The van der Waals surface area contributed by atoms with E-state index in [0.29, 0.717) is 0 Å². The Kier molecular flexibility index (Phi) is 6.55. The van der Waals surface area contributed by atoms with E-state index < -0.39 is 0 Å². The second kappa shape index (κ2) is 9.75. The average Bonchev–Trinajstić information content (AvgIpc) is 2.86. The molecule has 0 unspecified atom stereocenters. The van der Waals surface area contributed by atoms with Crippen molar-refractivity contribution in [2.45, 2.75) is 32.2 Å². The van der Waals surface area contributed by atoms with E-state index in [-0.39, 0.29) is 5.91 Å². The largest absolute Gasteiger partial charge is 0.368 e. The van der Waals surface area contributed by atoms with Gasteiger partial charge >= 0.3 is 0 Å². The van der Waals surface area contributed by atoms with Crippen LogP contribution in [0.1, 0.15) is 32.6 Å². The Morgan fingerprint density at radius 3 is 2.29 bits per heavy atom. The van der Waals surface area contributed by atoms with Crippen LogP contribution in [0.2, 0.25) is 0 Å². The molecule has 0 radical (unpaired) electrons. The molecule has 4 nitrogen and oxygen atoms in total. The Bertz CT molecular complexity index is 1180. The Morgan fingerprint density at radius 1 is 0.794 bits per heavy atom. The number of piperazine rings is 1. The van der Waals surface area contributed by atoms with E-state index in [1.54, 1.807) is 0 Å². The highest BCUT2D eigenvalue weighted by molar-refractivity contribution is 7.99. The van der Waals surface area contributed by atoms with Gasteiger partial charge in [0.25, 0.3) is 5.91 Å². The van der Waals surface area contributed by atoms with Crippen molar-refractivity contribution >= 4 is 29.0 Å². The molecule has 0 aromatic heterocycles. The first kappa shape index (κ1) is 22.9. The summed E-state index contributed by atoms with van der Waals surface area (Å²) in [7, 11) is 0. The minimum Gasteiger partial charge on any atom is -0.368 e. The summed E-state index contributed by atoms with van der Waals surface area (Å²) in [6.45, 7) is 11.6. The van der Waals surface area contributed by atoms with Crippen LogP contribution >= 0.6 is 11.8 Å². The fraction of sp³-hybridized carbons (Fsp3) is 0.345. The smallest absolute Gasteiger partial charge is 0.254 e. The lowest BCUT2D eigenvalue weighted by molar-refractivity contribution is 0.0746. The van der Waals surface area contributed by atoms with Crippen LogP contribution < -0.4 is 9.80 Å². The van der Waals surface area contributed by atoms with E-state index in [1.807, 2.05) is 22.7 Å². The first-order chi connectivity index (χ1) is 16.5. The van der Waals surface area contributed by atoms with E-state index in [0.717, 1.165) is 50.6 Å². The molecular weight excluding hydrogens is 438 g/mol. The number of nitrogens with zero attached hydrogens (tertiary/aromatic N) is 3. The van der Waals surface area contributed by atoms with Crippen LogP contribution in [0.5, 0.6) is 0 Å². The molecule has 2 heterocycles. The van der Waals surface area contributed by atoms with Gasteiger partial charge in [-0.15, -0.1) is 11.8 Å². The van der Waals surface area contributed by atoms with Crippen molar-refractivity contribution in [2.24, 2.45) is 0 Å². The van der Waals surface area contributed by atoms with Crippen LogP contribution in [0, 0.1) is 20.8 Å². The minimum atomic E-state index is 0.147. The van der Waals surface area contributed by atoms with E-state index in [9.17, 15) is 4.79 Å². The number of thioether (sulfide) groups is 1. The number of amides is 1. The highest BCUT2D eigenvalue weighted by atomic mass is 32.2. The standard InChI is InChI=1S/C29H33N3OS/c1-21-5-8-24(9-6-21)20-32-16-17-34-28-11-10-25(19-27(28)32)29(33)31-14-12-30(13-15-31)26-18-22(2)4-7-23(26)3/h4-11,18-19H,12-17,20H2,1-3H3. The number of rotatable bonds is 4. The van der Waals surface area contributed by atoms with Gasteiger partial charge in [0.05, 0.1) is 5.69 Å². The van der Waals surface area contributed by atoms with Gasteiger partial charge < -0.3 is 14.7 Å². The van der Waals surface area contributed by atoms with Gasteiger partial charge in [0, 0.05) is 61.2 Å². The van der Waals surface area contributed by atoms with Gasteiger partial charge in [0.1, 0.15) is 0 Å². The first-order valence-electron chi connectivity index (χ1n) is 12.2. The fourth-order valence-electron chi connectivity index (χ4n) is 4.88. The quantitative estimate of drug-likeness (QED) is 0.489. The normalized spacial score (nSPS) is 15.9. The number of carbonyl (C=O) groups is 1. The van der Waals surface area contributed by atoms with Gasteiger partial charge in [0.15, 0.2) is 0 Å². The molecule has 3 aromatic carbocycles. The minimum absolute atomic E-state index is 0.147. The zero-order valence-corrected chi connectivity index (χ0v) is 21.2. The number of anilines is 2. The van der Waals surface area contributed by atoms with Crippen LogP contribution in [-0.2, 0) is 6.54 Å². The summed E-state index contributed by atoms with van der Waals surface area (Å²) in [6, 6.07) is 21.7. The molecular formula is C29H33N3OS. The summed E-state index contributed by atoms with van der Waals surface area (Å²) in [5, 5.41) is 0. The van der Waals surface area contributed by atoms with Crippen molar-refractivity contribution in [3.8, 4) is 0 Å². The SMILES string of the molecule is Cc1ccc(CN2CCSc3ccc(C(=O)N4CCN(c5cc(C)ccc5C)CC4)cc32)cc1. The maximum absolute atomic E-state index is 13.4. The molecule has 5 rings (SSSR count). The molecule has 1 saturated heterocycles. The lowest BCUT2D eigenvalue weighted by atomic mass is 10.1. The van der Waals surface area contributed by atoms with Crippen molar-refractivity contribution in [3.63, 3.8) is 0 Å². The predicted octanol–water partition coefficient (Wildman–Crippen LogP) is 5.69. The molecule has 0 aliphatic carbocycles. The number of fused-ring (bicyclic) bond motifs is 1. The summed E-state index contributed by atoms with van der Waals surface area (Å²) in [4.78, 5) is 21.6. The van der Waals surface area contributed by atoms with Crippen LogP contribution in [0.4, 0.5) is 11.4 Å². The van der Waals surface area contributed by atoms with E-state index in [1.165, 1.54) is 38.5 Å². The lowest BCUT2D eigenvalue weighted by Crippen LogP contribution is -2.49. The summed E-state index contributed by atoms with van der Waals surface area (Å²) < 4.78 is 0. The molecule has 1 fully saturated rings. The molecule has 0 saturated carbocycles. The highest BCUT2D eigenvalue weighted by Crippen LogP contribution is 2.36. The average molecular weight is 472 g/mol. The number of benzene rings is 3. The summed E-state index contributed by atoms with van der Waals surface area (Å²) in [6.07, 6.45) is 0. The van der Waals surface area contributed by atoms with Crippen molar-refractivity contribution in [1.82, 2.24) is 4.90 Å². The van der Waals surface area contributed by atoms with Crippen molar-refractivity contribution < 1.29 is 4.79 Å². The summed E-state index contributed by atoms with van der Waals surface area (Å²) >= 11 is 1.89. The monoisotopic (exact) mass is 471 g/mol. The fourth-order valence-corrected chi connectivity index (χ4v) is 5.91. The maximum atomic E-state index is 13.4. The molecule has 0 bridgehead atoms. The van der Waals surface area contributed by atoms with Gasteiger partial charge in [-0.05, 0) is 61.7 Å². The Labute approximate surface area is 207 Å². The molecule has 0 N–H and O–H groups in total. The van der Waals surface area contributed by atoms with Gasteiger partial charge in [-0.25, -0.2) is 0 Å². The molecule has 1 amide bonds. The van der Waals surface area contributed by atoms with E-state index in [4.69, 9.17) is 0 Å². The first-order valence-corrected chi connectivity index (χ1v) is 13.2. The van der Waals surface area contributed by atoms with E-state index in [2.05, 4.69) is 85.2 Å². The number of aryl methyl sites for hydroxylation is 3. The number of hydrogen-bond donors (Lipinski definition) is 0. The molecule has 2 aliphatic heterocycles. The van der Waals surface area contributed by atoms with Gasteiger partial charge in [-0.1, -0.05) is 42.0 Å². The van der Waals surface area contributed by atoms with Gasteiger partial charge in [-0.2, -0.15) is 0 Å². The Balaban J connectivity index is 1.29. The van der Waals surface area contributed by atoms with Crippen molar-refractivity contribution in [1.29, 1.82) is 0 Å². The molecule has 3 aromatic rings. The lowest BCUT2D eigenvalue weighted by Gasteiger charge is -2.37. The third-order valence-corrected chi connectivity index (χ3v) is 7.97. The van der Waals surface area contributed by atoms with Gasteiger partial charge in [-0.3, -0.25) is 4.79 Å². The van der Waals surface area contributed by atoms with Crippen LogP contribution in [-0.4, -0.2) is 49.3 Å². The second-order valence-electron chi connectivity index (χ2n) is 9.51. The predicted molar refractivity (Wildman–Crippen MR) is 143 cm³/mol. The van der Waals surface area contributed by atoms with Crippen LogP contribution in [0.15, 0.2) is 65.6 Å². The Hall–Kier alpha value is -2.92. The third kappa shape index (κ3) is 4.80. The van der Waals surface area contributed by atoms with Crippen LogP contribution in [0.3, 0.4) is 0 Å². The second-order valence-corrected chi connectivity index (χ2v) is 10.6. The molecule has 34 heavy (non-hydrogen) atoms. The summed E-state index contributed by atoms with van der Waals surface area (Å²) in [5.41, 5.74) is 8.45. The van der Waals surface area contributed by atoms with E-state index >= 15 is 0 Å². The molecule has 5 heteroatoms. The third-order valence-electron chi connectivity index (χ3n) is 6.93. The topological polar surface area (TPSA) is 26.8 Å². The number of hydrogen-bond acceptors (Lipinski definition) is 4. The number of carbonyl (C=O) groups excluding carboxylic acids is 1. The highest BCUT2D eigenvalue weighted by Gasteiger charge is 2.25.